The molecule has 0 aliphatic carbocycles. The highest BCUT2D eigenvalue weighted by atomic mass is 32.1. The summed E-state index contributed by atoms with van der Waals surface area (Å²) < 4.78 is 0.875. The Balaban J connectivity index is 2.05. The zero-order valence-corrected chi connectivity index (χ0v) is 12.2. The summed E-state index contributed by atoms with van der Waals surface area (Å²) in [5.41, 5.74) is 6.97. The highest BCUT2D eigenvalue weighted by Gasteiger charge is 2.17. The third-order valence-corrected chi connectivity index (χ3v) is 3.97. The third-order valence-electron chi connectivity index (χ3n) is 2.81. The minimum Gasteiger partial charge on any atom is -0.396 e. The van der Waals surface area contributed by atoms with Gasteiger partial charge >= 0.3 is 0 Å². The van der Waals surface area contributed by atoms with Crippen LogP contribution in [-0.2, 0) is 4.79 Å². The molecular weight excluding hydrogens is 276 g/mol. The number of pyridine rings is 1. The lowest BCUT2D eigenvalue weighted by atomic mass is 10.3. The average molecular weight is 292 g/mol. The van der Waals surface area contributed by atoms with E-state index in [1.165, 1.54) is 16.2 Å². The van der Waals surface area contributed by atoms with E-state index in [1.54, 1.807) is 26.4 Å². The first-order valence-electron chi connectivity index (χ1n) is 6.12. The number of hydrogen-bond donors (Lipinski definition) is 2. The van der Waals surface area contributed by atoms with E-state index in [1.807, 2.05) is 6.07 Å². The van der Waals surface area contributed by atoms with Crippen molar-refractivity contribution in [1.82, 2.24) is 15.2 Å². The number of fused-ring (bicyclic) bond motifs is 1. The second-order valence-electron chi connectivity index (χ2n) is 4.49. The molecule has 6 nitrogen and oxygen atoms in total. The number of hydrogen-bond acceptors (Lipinski definition) is 5. The zero-order chi connectivity index (χ0) is 14.7. The second kappa shape index (κ2) is 5.87. The molecule has 0 atom stereocenters. The number of aromatic nitrogens is 1. The van der Waals surface area contributed by atoms with E-state index in [0.717, 1.165) is 4.70 Å². The second-order valence-corrected chi connectivity index (χ2v) is 5.54. The topological polar surface area (TPSA) is 88.3 Å². The minimum absolute atomic E-state index is 0.0312. The number of anilines is 1. The summed E-state index contributed by atoms with van der Waals surface area (Å²) in [5, 5.41) is 2.70. The Morgan fingerprint density at radius 3 is 2.85 bits per heavy atom. The van der Waals surface area contributed by atoms with Crippen LogP contribution in [0.2, 0.25) is 0 Å². The molecular formula is C13H16N4O2S. The van der Waals surface area contributed by atoms with Gasteiger partial charge in [0.05, 0.1) is 10.4 Å². The van der Waals surface area contributed by atoms with Gasteiger partial charge in [-0.2, -0.15) is 0 Å². The van der Waals surface area contributed by atoms with Gasteiger partial charge in [-0.1, -0.05) is 0 Å². The number of carbonyl (C=O) groups excluding carboxylic acids is 2. The lowest BCUT2D eigenvalue weighted by molar-refractivity contribution is -0.128. The Kier molecular flexibility index (Phi) is 4.19. The Hall–Kier alpha value is -2.15. The first-order chi connectivity index (χ1) is 9.50. The first kappa shape index (κ1) is 14.3. The van der Waals surface area contributed by atoms with Crippen LogP contribution in [0.1, 0.15) is 16.1 Å². The number of amides is 2. The molecule has 0 aliphatic rings. The van der Waals surface area contributed by atoms with Crippen LogP contribution in [0.4, 0.5) is 5.69 Å². The van der Waals surface area contributed by atoms with Crippen LogP contribution in [-0.4, -0.2) is 42.3 Å². The molecule has 7 heteroatoms. The number of nitrogens with one attached hydrogen (secondary N) is 1. The van der Waals surface area contributed by atoms with Crippen molar-refractivity contribution >= 4 is 39.1 Å². The van der Waals surface area contributed by atoms with Crippen molar-refractivity contribution in [1.29, 1.82) is 0 Å². The van der Waals surface area contributed by atoms with Gasteiger partial charge in [0.15, 0.2) is 0 Å². The van der Waals surface area contributed by atoms with Gasteiger partial charge in [-0.3, -0.25) is 14.6 Å². The van der Waals surface area contributed by atoms with Crippen LogP contribution >= 0.6 is 11.3 Å². The molecule has 0 bridgehead atoms. The van der Waals surface area contributed by atoms with Crippen molar-refractivity contribution < 1.29 is 9.59 Å². The lowest BCUT2D eigenvalue weighted by Crippen LogP contribution is -2.30. The quantitative estimate of drug-likeness (QED) is 0.883. The molecule has 106 valence electrons. The Bertz CT molecular complexity index is 651. The maximum Gasteiger partial charge on any atom is 0.263 e. The summed E-state index contributed by atoms with van der Waals surface area (Å²) in [7, 11) is 3.36. The number of rotatable bonds is 4. The molecule has 0 aromatic carbocycles. The Labute approximate surface area is 120 Å². The summed E-state index contributed by atoms with van der Waals surface area (Å²) in [5.74, 6) is -0.298. The van der Waals surface area contributed by atoms with E-state index in [4.69, 9.17) is 5.73 Å². The van der Waals surface area contributed by atoms with E-state index < -0.39 is 0 Å². The van der Waals surface area contributed by atoms with Crippen molar-refractivity contribution in [3.63, 3.8) is 0 Å². The van der Waals surface area contributed by atoms with Crippen LogP contribution in [0.5, 0.6) is 0 Å². The smallest absolute Gasteiger partial charge is 0.263 e. The fourth-order valence-corrected chi connectivity index (χ4v) is 2.70. The van der Waals surface area contributed by atoms with Crippen molar-refractivity contribution in [2.75, 3.05) is 26.4 Å². The van der Waals surface area contributed by atoms with Crippen LogP contribution in [0.3, 0.4) is 0 Å². The molecule has 2 rings (SSSR count). The first-order valence-corrected chi connectivity index (χ1v) is 6.93. The summed E-state index contributed by atoms with van der Waals surface area (Å²) in [6.45, 7) is 0.289. The largest absolute Gasteiger partial charge is 0.396 e. The van der Waals surface area contributed by atoms with Gasteiger partial charge in [0.1, 0.15) is 10.4 Å². The molecule has 2 heterocycles. The molecule has 0 aliphatic heterocycles. The molecule has 0 spiro atoms. The van der Waals surface area contributed by atoms with E-state index in [9.17, 15) is 9.59 Å². The number of nitrogens with two attached hydrogens (primary N) is 1. The van der Waals surface area contributed by atoms with Gasteiger partial charge in [-0.15, -0.1) is 11.3 Å². The molecule has 3 N–H and O–H groups in total. The SMILES string of the molecule is CN(C)C(=O)CCNC(=O)c1sc2cccnc2c1N. The molecule has 2 aromatic heterocycles. The maximum absolute atomic E-state index is 12.1. The highest BCUT2D eigenvalue weighted by molar-refractivity contribution is 7.21. The number of nitrogen functional groups attached to an aromatic ring is 1. The number of nitrogens with zero attached hydrogens (tertiary/aromatic N) is 2. The van der Waals surface area contributed by atoms with Crippen LogP contribution < -0.4 is 11.1 Å². The molecule has 0 saturated heterocycles. The standard InChI is InChI=1S/C13H16N4O2S/c1-17(2)9(18)5-7-16-13(19)12-10(14)11-8(20-12)4-3-6-15-11/h3-4,6H,5,7,14H2,1-2H3,(H,16,19). The number of thiophene rings is 1. The molecule has 0 unspecified atom stereocenters. The molecule has 2 aromatic rings. The highest BCUT2D eigenvalue weighted by Crippen LogP contribution is 2.31. The minimum atomic E-state index is -0.267. The van der Waals surface area contributed by atoms with Crippen molar-refractivity contribution in [3.05, 3.63) is 23.2 Å². The fraction of sp³-hybridized carbons (Fsp3) is 0.308. The predicted octanol–water partition coefficient (Wildman–Crippen LogP) is 1.09. The van der Waals surface area contributed by atoms with Crippen molar-refractivity contribution in [2.24, 2.45) is 0 Å². The van der Waals surface area contributed by atoms with Gasteiger partial charge in [-0.05, 0) is 12.1 Å². The Morgan fingerprint density at radius 2 is 2.20 bits per heavy atom. The molecule has 0 fully saturated rings. The normalized spacial score (nSPS) is 10.5. The monoisotopic (exact) mass is 292 g/mol. The van der Waals surface area contributed by atoms with Crippen molar-refractivity contribution in [2.45, 2.75) is 6.42 Å². The van der Waals surface area contributed by atoms with E-state index in [2.05, 4.69) is 10.3 Å². The van der Waals surface area contributed by atoms with Gasteiger partial charge in [0.25, 0.3) is 5.91 Å². The molecule has 0 saturated carbocycles. The van der Waals surface area contributed by atoms with Crippen LogP contribution in [0.25, 0.3) is 10.2 Å². The third kappa shape index (κ3) is 2.88. The van der Waals surface area contributed by atoms with E-state index in [0.29, 0.717) is 16.1 Å². The zero-order valence-electron chi connectivity index (χ0n) is 11.3. The van der Waals surface area contributed by atoms with E-state index >= 15 is 0 Å². The van der Waals surface area contributed by atoms with Gasteiger partial charge in [-0.25, -0.2) is 0 Å². The lowest BCUT2D eigenvalue weighted by Gasteiger charge is -2.10. The predicted molar refractivity (Wildman–Crippen MR) is 79.7 cm³/mol. The van der Waals surface area contributed by atoms with Crippen LogP contribution in [0, 0.1) is 0 Å². The fourth-order valence-electron chi connectivity index (χ4n) is 1.70. The average Bonchev–Trinajstić information content (AvgIpc) is 2.76. The summed E-state index contributed by atoms with van der Waals surface area (Å²) in [6.07, 6.45) is 1.91. The summed E-state index contributed by atoms with van der Waals surface area (Å²) in [6, 6.07) is 3.67. The van der Waals surface area contributed by atoms with Crippen LogP contribution in [0.15, 0.2) is 18.3 Å². The van der Waals surface area contributed by atoms with Crippen molar-refractivity contribution in [3.8, 4) is 0 Å². The van der Waals surface area contributed by atoms with Gasteiger partial charge in [0, 0.05) is 33.3 Å². The molecule has 20 heavy (non-hydrogen) atoms. The summed E-state index contributed by atoms with van der Waals surface area (Å²) in [4.78, 5) is 29.6. The molecule has 2 amide bonds. The maximum atomic E-state index is 12.1. The van der Waals surface area contributed by atoms with Gasteiger partial charge < -0.3 is 16.0 Å². The molecule has 0 radical (unpaired) electrons. The number of carbonyl (C=O) groups is 2. The summed E-state index contributed by atoms with van der Waals surface area (Å²) >= 11 is 1.30. The Morgan fingerprint density at radius 1 is 1.45 bits per heavy atom. The van der Waals surface area contributed by atoms with E-state index in [-0.39, 0.29) is 24.8 Å². The van der Waals surface area contributed by atoms with Gasteiger partial charge in [0.2, 0.25) is 5.91 Å².